The Morgan fingerprint density at radius 3 is 2.68 bits per heavy atom. The number of methoxy groups -OCH3 is 1. The monoisotopic (exact) mass is 261 g/mol. The molecule has 100 valence electrons. The van der Waals surface area contributed by atoms with Crippen LogP contribution in [0, 0.1) is 5.82 Å². The van der Waals surface area contributed by atoms with E-state index in [4.69, 9.17) is 4.74 Å². The van der Waals surface area contributed by atoms with Gasteiger partial charge in [0.05, 0.1) is 7.11 Å². The fraction of sp³-hybridized carbons (Fsp3) is 0.214. The number of pyridine rings is 1. The predicted molar refractivity (Wildman–Crippen MR) is 74.6 cm³/mol. The van der Waals surface area contributed by atoms with Crippen molar-refractivity contribution in [3.63, 3.8) is 0 Å². The van der Waals surface area contributed by atoms with Crippen LogP contribution in [0.4, 0.5) is 21.6 Å². The number of nitrogens with zero attached hydrogens (tertiary/aromatic N) is 1. The summed E-state index contributed by atoms with van der Waals surface area (Å²) in [4.78, 5) is 4.17. The number of anilines is 3. The number of aromatic nitrogens is 1. The van der Waals surface area contributed by atoms with Gasteiger partial charge < -0.3 is 15.4 Å². The normalized spacial score (nSPS) is 10.1. The SMILES string of the molecule is CCNc1cc(Nc2ccc(OC)c(F)c2)ccn1. The van der Waals surface area contributed by atoms with Gasteiger partial charge in [0.1, 0.15) is 5.82 Å². The first-order chi connectivity index (χ1) is 9.22. The molecule has 0 aliphatic rings. The molecule has 0 amide bonds. The maximum atomic E-state index is 13.6. The second-order valence-corrected chi connectivity index (χ2v) is 3.93. The third-order valence-corrected chi connectivity index (χ3v) is 2.56. The highest BCUT2D eigenvalue weighted by atomic mass is 19.1. The van der Waals surface area contributed by atoms with E-state index in [1.54, 1.807) is 18.3 Å². The molecule has 1 heterocycles. The van der Waals surface area contributed by atoms with E-state index in [1.165, 1.54) is 13.2 Å². The molecule has 0 atom stereocenters. The molecule has 0 aliphatic heterocycles. The van der Waals surface area contributed by atoms with Gasteiger partial charge in [0, 0.05) is 36.2 Å². The second-order valence-electron chi connectivity index (χ2n) is 3.93. The van der Waals surface area contributed by atoms with Gasteiger partial charge in [-0.05, 0) is 25.1 Å². The van der Waals surface area contributed by atoms with E-state index in [0.29, 0.717) is 5.69 Å². The van der Waals surface area contributed by atoms with E-state index < -0.39 is 5.82 Å². The van der Waals surface area contributed by atoms with Crippen molar-refractivity contribution >= 4 is 17.2 Å². The Balaban J connectivity index is 2.16. The summed E-state index contributed by atoms with van der Waals surface area (Å²) in [5.74, 6) is 0.614. The number of nitrogens with one attached hydrogen (secondary N) is 2. The van der Waals surface area contributed by atoms with Crippen LogP contribution in [0.2, 0.25) is 0 Å². The summed E-state index contributed by atoms with van der Waals surface area (Å²) in [7, 11) is 1.44. The Morgan fingerprint density at radius 1 is 1.21 bits per heavy atom. The molecule has 0 bridgehead atoms. The summed E-state index contributed by atoms with van der Waals surface area (Å²) in [6.45, 7) is 2.80. The first-order valence-corrected chi connectivity index (χ1v) is 6.03. The minimum atomic E-state index is -0.395. The van der Waals surface area contributed by atoms with E-state index in [2.05, 4.69) is 15.6 Å². The molecule has 1 aromatic carbocycles. The molecule has 4 nitrogen and oxygen atoms in total. The smallest absolute Gasteiger partial charge is 0.167 e. The van der Waals surface area contributed by atoms with Crippen LogP contribution in [0.1, 0.15) is 6.92 Å². The summed E-state index contributed by atoms with van der Waals surface area (Å²) in [5.41, 5.74) is 1.50. The third-order valence-electron chi connectivity index (χ3n) is 2.56. The van der Waals surface area contributed by atoms with Gasteiger partial charge in [-0.2, -0.15) is 0 Å². The minimum absolute atomic E-state index is 0.230. The molecule has 19 heavy (non-hydrogen) atoms. The molecule has 1 aromatic heterocycles. The van der Waals surface area contributed by atoms with Crippen LogP contribution in [0.5, 0.6) is 5.75 Å². The number of halogens is 1. The molecule has 2 aromatic rings. The van der Waals surface area contributed by atoms with Crippen LogP contribution < -0.4 is 15.4 Å². The van der Waals surface area contributed by atoms with E-state index in [-0.39, 0.29) is 5.75 Å². The Kier molecular flexibility index (Phi) is 4.18. The van der Waals surface area contributed by atoms with Crippen LogP contribution in [0.25, 0.3) is 0 Å². The molecule has 0 saturated carbocycles. The van der Waals surface area contributed by atoms with Crippen molar-refractivity contribution in [3.05, 3.63) is 42.3 Å². The zero-order valence-corrected chi connectivity index (χ0v) is 10.9. The van der Waals surface area contributed by atoms with Crippen molar-refractivity contribution in [2.45, 2.75) is 6.92 Å². The van der Waals surface area contributed by atoms with Gasteiger partial charge in [-0.25, -0.2) is 9.37 Å². The number of hydrogen-bond donors (Lipinski definition) is 2. The predicted octanol–water partition coefficient (Wildman–Crippen LogP) is 3.40. The molecule has 0 fully saturated rings. The van der Waals surface area contributed by atoms with Gasteiger partial charge in [0.2, 0.25) is 0 Å². The average molecular weight is 261 g/mol. The van der Waals surface area contributed by atoms with Gasteiger partial charge in [-0.3, -0.25) is 0 Å². The second kappa shape index (κ2) is 6.04. The first-order valence-electron chi connectivity index (χ1n) is 6.03. The molecule has 2 rings (SSSR count). The first kappa shape index (κ1) is 13.1. The van der Waals surface area contributed by atoms with Crippen molar-refractivity contribution < 1.29 is 9.13 Å². The third kappa shape index (κ3) is 3.34. The summed E-state index contributed by atoms with van der Waals surface area (Å²) in [6, 6.07) is 8.43. The molecule has 0 unspecified atom stereocenters. The molecule has 5 heteroatoms. The molecule has 0 spiro atoms. The summed E-state index contributed by atoms with van der Waals surface area (Å²) < 4.78 is 18.4. The van der Waals surface area contributed by atoms with Crippen molar-refractivity contribution in [2.75, 3.05) is 24.3 Å². The Morgan fingerprint density at radius 2 is 2.00 bits per heavy atom. The highest BCUT2D eigenvalue weighted by molar-refractivity contribution is 5.63. The molecule has 2 N–H and O–H groups in total. The van der Waals surface area contributed by atoms with Gasteiger partial charge in [0.15, 0.2) is 11.6 Å². The molecule has 0 saturated heterocycles. The van der Waals surface area contributed by atoms with Crippen molar-refractivity contribution in [3.8, 4) is 5.75 Å². The summed E-state index contributed by atoms with van der Waals surface area (Å²) in [5, 5.41) is 6.24. The summed E-state index contributed by atoms with van der Waals surface area (Å²) in [6.07, 6.45) is 1.69. The lowest BCUT2D eigenvalue weighted by molar-refractivity contribution is 0.386. The summed E-state index contributed by atoms with van der Waals surface area (Å²) >= 11 is 0. The van der Waals surface area contributed by atoms with E-state index in [0.717, 1.165) is 18.1 Å². The lowest BCUT2D eigenvalue weighted by Gasteiger charge is -2.09. The maximum Gasteiger partial charge on any atom is 0.167 e. The number of rotatable bonds is 5. The van der Waals surface area contributed by atoms with Gasteiger partial charge in [-0.15, -0.1) is 0 Å². The van der Waals surface area contributed by atoms with Crippen LogP contribution in [0.3, 0.4) is 0 Å². The topological polar surface area (TPSA) is 46.2 Å². The van der Waals surface area contributed by atoms with Gasteiger partial charge >= 0.3 is 0 Å². The number of hydrogen-bond acceptors (Lipinski definition) is 4. The minimum Gasteiger partial charge on any atom is -0.494 e. The van der Waals surface area contributed by atoms with Crippen LogP contribution in [-0.2, 0) is 0 Å². The number of benzene rings is 1. The Labute approximate surface area is 111 Å². The van der Waals surface area contributed by atoms with Gasteiger partial charge in [-0.1, -0.05) is 0 Å². The molecule has 0 radical (unpaired) electrons. The number of ether oxygens (including phenoxy) is 1. The van der Waals surface area contributed by atoms with Crippen LogP contribution >= 0.6 is 0 Å². The Bertz CT molecular complexity index is 560. The lowest BCUT2D eigenvalue weighted by Crippen LogP contribution is -2.00. The zero-order chi connectivity index (χ0) is 13.7. The van der Waals surface area contributed by atoms with E-state index >= 15 is 0 Å². The quantitative estimate of drug-likeness (QED) is 0.866. The standard InChI is InChI=1S/C14H16FN3O/c1-3-16-14-9-11(6-7-17-14)18-10-4-5-13(19-2)12(15)8-10/h4-9H,3H2,1-2H3,(H2,16,17,18). The van der Waals surface area contributed by atoms with Gasteiger partial charge in [0.25, 0.3) is 0 Å². The van der Waals surface area contributed by atoms with Crippen molar-refractivity contribution in [1.82, 2.24) is 4.98 Å². The molecular formula is C14H16FN3O. The average Bonchev–Trinajstić information content (AvgIpc) is 2.40. The maximum absolute atomic E-state index is 13.6. The fourth-order valence-electron chi connectivity index (χ4n) is 1.70. The highest BCUT2D eigenvalue weighted by Crippen LogP contribution is 2.24. The van der Waals surface area contributed by atoms with E-state index in [1.807, 2.05) is 19.1 Å². The molecular weight excluding hydrogens is 245 g/mol. The zero-order valence-electron chi connectivity index (χ0n) is 10.9. The highest BCUT2D eigenvalue weighted by Gasteiger charge is 2.04. The van der Waals surface area contributed by atoms with Crippen LogP contribution in [0.15, 0.2) is 36.5 Å². The van der Waals surface area contributed by atoms with Crippen molar-refractivity contribution in [2.24, 2.45) is 0 Å². The molecule has 0 aliphatic carbocycles. The van der Waals surface area contributed by atoms with E-state index in [9.17, 15) is 4.39 Å². The van der Waals surface area contributed by atoms with Crippen LogP contribution in [-0.4, -0.2) is 18.6 Å². The lowest BCUT2D eigenvalue weighted by atomic mass is 10.2. The van der Waals surface area contributed by atoms with Crippen molar-refractivity contribution in [1.29, 1.82) is 0 Å². The largest absolute Gasteiger partial charge is 0.494 e. The Hall–Kier alpha value is -2.30. The fourth-order valence-corrected chi connectivity index (χ4v) is 1.70.